The van der Waals surface area contributed by atoms with Crippen LogP contribution in [-0.2, 0) is 0 Å². The molecule has 0 amide bonds. The summed E-state index contributed by atoms with van der Waals surface area (Å²) in [6, 6.07) is 0.805. The summed E-state index contributed by atoms with van der Waals surface area (Å²) in [5.41, 5.74) is 0. The first kappa shape index (κ1) is 15.0. The second kappa shape index (κ2) is 8.93. The number of hydrogen-bond acceptors (Lipinski definition) is 2. The molecule has 0 spiro atoms. The van der Waals surface area contributed by atoms with Crippen LogP contribution < -0.4 is 0 Å². The Labute approximate surface area is 108 Å². The molecule has 1 aliphatic heterocycles. The third-order valence-electron chi connectivity index (χ3n) is 4.06. The van der Waals surface area contributed by atoms with Crippen LogP contribution in [0.2, 0.25) is 0 Å². The maximum Gasteiger partial charge on any atom is 0.0229 e. The maximum atomic E-state index is 2.65. The van der Waals surface area contributed by atoms with Crippen molar-refractivity contribution in [2.75, 3.05) is 33.7 Å². The van der Waals surface area contributed by atoms with Crippen LogP contribution in [0.15, 0.2) is 0 Å². The molecule has 2 heteroatoms. The van der Waals surface area contributed by atoms with Gasteiger partial charge in [0.1, 0.15) is 0 Å². The number of likely N-dealkylation sites (N-methyl/N-ethyl adjacent to an activating group) is 1. The van der Waals surface area contributed by atoms with E-state index in [-0.39, 0.29) is 0 Å². The predicted octanol–water partition coefficient (Wildman–Crippen LogP) is 3.37. The van der Waals surface area contributed by atoms with E-state index in [0.29, 0.717) is 0 Å². The molecule has 0 N–H and O–H groups in total. The van der Waals surface area contributed by atoms with Crippen molar-refractivity contribution in [2.45, 2.75) is 64.3 Å². The largest absolute Gasteiger partial charge is 0.305 e. The van der Waals surface area contributed by atoms with Crippen LogP contribution in [-0.4, -0.2) is 49.6 Å². The van der Waals surface area contributed by atoms with Crippen LogP contribution in [0.5, 0.6) is 0 Å². The first-order chi connectivity index (χ1) is 8.24. The Hall–Kier alpha value is -0.0800. The van der Waals surface area contributed by atoms with E-state index >= 15 is 0 Å². The van der Waals surface area contributed by atoms with Crippen LogP contribution in [0.3, 0.4) is 0 Å². The lowest BCUT2D eigenvalue weighted by Gasteiger charge is -2.20. The molecule has 1 unspecified atom stereocenters. The normalized spacial score (nSPS) is 21.5. The molecular formula is C15H32N2. The molecule has 1 aliphatic rings. The summed E-state index contributed by atoms with van der Waals surface area (Å²) < 4.78 is 0. The van der Waals surface area contributed by atoms with Crippen molar-refractivity contribution in [1.82, 2.24) is 9.80 Å². The molecule has 0 aromatic heterocycles. The highest BCUT2D eigenvalue weighted by Gasteiger charge is 2.22. The average molecular weight is 240 g/mol. The monoisotopic (exact) mass is 240 g/mol. The van der Waals surface area contributed by atoms with Crippen molar-refractivity contribution in [3.05, 3.63) is 0 Å². The summed E-state index contributed by atoms with van der Waals surface area (Å²) in [5, 5.41) is 0. The second-order valence-electron chi connectivity index (χ2n) is 5.83. The van der Waals surface area contributed by atoms with E-state index in [1.54, 1.807) is 0 Å². The van der Waals surface area contributed by atoms with E-state index in [1.165, 1.54) is 71.0 Å². The molecule has 2 nitrogen and oxygen atoms in total. The van der Waals surface area contributed by atoms with E-state index < -0.39 is 0 Å². The Balaban J connectivity index is 1.90. The van der Waals surface area contributed by atoms with Gasteiger partial charge in [-0.05, 0) is 40.0 Å². The fourth-order valence-corrected chi connectivity index (χ4v) is 2.73. The van der Waals surface area contributed by atoms with E-state index in [4.69, 9.17) is 0 Å². The van der Waals surface area contributed by atoms with Gasteiger partial charge in [0.2, 0.25) is 0 Å². The second-order valence-corrected chi connectivity index (χ2v) is 5.83. The summed E-state index contributed by atoms with van der Waals surface area (Å²) in [6.45, 7) is 6.23. The van der Waals surface area contributed by atoms with Gasteiger partial charge in [0.05, 0.1) is 0 Å². The highest BCUT2D eigenvalue weighted by Crippen LogP contribution is 2.14. The molecule has 1 fully saturated rings. The first-order valence-electron chi connectivity index (χ1n) is 7.62. The Morgan fingerprint density at radius 3 is 2.24 bits per heavy atom. The summed E-state index contributed by atoms with van der Waals surface area (Å²) in [4.78, 5) is 5.03. The topological polar surface area (TPSA) is 6.48 Å². The predicted molar refractivity (Wildman–Crippen MR) is 76.5 cm³/mol. The highest BCUT2D eigenvalue weighted by atomic mass is 15.2. The molecule has 0 saturated carbocycles. The fourth-order valence-electron chi connectivity index (χ4n) is 2.73. The first-order valence-corrected chi connectivity index (χ1v) is 7.62. The number of hydrogen-bond donors (Lipinski definition) is 0. The van der Waals surface area contributed by atoms with Gasteiger partial charge in [0.25, 0.3) is 0 Å². The smallest absolute Gasteiger partial charge is 0.0229 e. The minimum Gasteiger partial charge on any atom is -0.305 e. The molecule has 1 heterocycles. The molecular weight excluding hydrogens is 208 g/mol. The van der Waals surface area contributed by atoms with Gasteiger partial charge < -0.3 is 9.80 Å². The van der Waals surface area contributed by atoms with E-state index in [9.17, 15) is 0 Å². The van der Waals surface area contributed by atoms with E-state index in [0.717, 1.165) is 6.04 Å². The zero-order valence-corrected chi connectivity index (χ0v) is 12.2. The van der Waals surface area contributed by atoms with Crippen molar-refractivity contribution >= 4 is 0 Å². The Kier molecular flexibility index (Phi) is 7.87. The van der Waals surface area contributed by atoms with Crippen LogP contribution in [0.1, 0.15) is 58.3 Å². The standard InChI is InChI=1S/C15H32N2/c1-4-5-6-7-8-9-10-12-17-13-11-15(14-17)16(2)3/h15H,4-14H2,1-3H3. The Bertz CT molecular complexity index is 180. The van der Waals surface area contributed by atoms with Crippen molar-refractivity contribution in [1.29, 1.82) is 0 Å². The summed E-state index contributed by atoms with van der Waals surface area (Å²) in [6.07, 6.45) is 11.3. The van der Waals surface area contributed by atoms with Gasteiger partial charge in [-0.25, -0.2) is 0 Å². The quantitative estimate of drug-likeness (QED) is 0.570. The SMILES string of the molecule is CCCCCCCCCN1CCC(N(C)C)C1. The molecule has 17 heavy (non-hydrogen) atoms. The van der Waals surface area contributed by atoms with Gasteiger partial charge in [-0.2, -0.15) is 0 Å². The van der Waals surface area contributed by atoms with Gasteiger partial charge in [-0.3, -0.25) is 0 Å². The van der Waals surface area contributed by atoms with Crippen molar-refractivity contribution in [3.8, 4) is 0 Å². The van der Waals surface area contributed by atoms with Crippen LogP contribution >= 0.6 is 0 Å². The number of rotatable bonds is 9. The fraction of sp³-hybridized carbons (Fsp3) is 1.00. The zero-order chi connectivity index (χ0) is 12.5. The Morgan fingerprint density at radius 1 is 1.00 bits per heavy atom. The lowest BCUT2D eigenvalue weighted by molar-refractivity contribution is 0.265. The molecule has 0 aliphatic carbocycles. The highest BCUT2D eigenvalue weighted by molar-refractivity contribution is 4.80. The number of unbranched alkanes of at least 4 members (excludes halogenated alkanes) is 6. The van der Waals surface area contributed by atoms with Crippen LogP contribution in [0.4, 0.5) is 0 Å². The third-order valence-corrected chi connectivity index (χ3v) is 4.06. The van der Waals surface area contributed by atoms with Crippen molar-refractivity contribution in [2.24, 2.45) is 0 Å². The summed E-state index contributed by atoms with van der Waals surface area (Å²) >= 11 is 0. The molecule has 1 atom stereocenters. The maximum absolute atomic E-state index is 2.65. The molecule has 102 valence electrons. The van der Waals surface area contributed by atoms with E-state index in [1.807, 2.05) is 0 Å². The summed E-state index contributed by atoms with van der Waals surface area (Å²) in [7, 11) is 4.42. The lowest BCUT2D eigenvalue weighted by atomic mass is 10.1. The van der Waals surface area contributed by atoms with E-state index in [2.05, 4.69) is 30.8 Å². The minimum atomic E-state index is 0.805. The van der Waals surface area contributed by atoms with Gasteiger partial charge in [-0.1, -0.05) is 45.4 Å². The molecule has 0 radical (unpaired) electrons. The third kappa shape index (κ3) is 6.42. The molecule has 0 aromatic carbocycles. The molecule has 0 aromatic rings. The van der Waals surface area contributed by atoms with Crippen LogP contribution in [0.25, 0.3) is 0 Å². The van der Waals surface area contributed by atoms with Gasteiger partial charge in [-0.15, -0.1) is 0 Å². The molecule has 1 rings (SSSR count). The summed E-state index contributed by atoms with van der Waals surface area (Å²) in [5.74, 6) is 0. The molecule has 1 saturated heterocycles. The van der Waals surface area contributed by atoms with Gasteiger partial charge in [0, 0.05) is 12.6 Å². The van der Waals surface area contributed by atoms with Crippen molar-refractivity contribution in [3.63, 3.8) is 0 Å². The lowest BCUT2D eigenvalue weighted by Crippen LogP contribution is -2.31. The Morgan fingerprint density at radius 2 is 1.65 bits per heavy atom. The zero-order valence-electron chi connectivity index (χ0n) is 12.2. The van der Waals surface area contributed by atoms with Crippen molar-refractivity contribution < 1.29 is 0 Å². The van der Waals surface area contributed by atoms with Crippen LogP contribution in [0, 0.1) is 0 Å². The number of likely N-dealkylation sites (tertiary alicyclic amines) is 1. The molecule has 0 bridgehead atoms. The minimum absolute atomic E-state index is 0.805. The number of nitrogens with zero attached hydrogens (tertiary/aromatic N) is 2. The van der Waals surface area contributed by atoms with Gasteiger partial charge in [0.15, 0.2) is 0 Å². The average Bonchev–Trinajstić information content (AvgIpc) is 2.77. The van der Waals surface area contributed by atoms with Gasteiger partial charge >= 0.3 is 0 Å².